The van der Waals surface area contributed by atoms with Gasteiger partial charge in [0.25, 0.3) is 5.91 Å². The zero-order valence-electron chi connectivity index (χ0n) is 18.3. The maximum Gasteiger partial charge on any atom is 0.260 e. The first kappa shape index (κ1) is 21.2. The average molecular weight is 423 g/mol. The SMILES string of the molecule is Cc1cccc(C)c1OC1CCN(C(=O)COc2cccc(N3CCCC3=O)c2)CC1. The van der Waals surface area contributed by atoms with Gasteiger partial charge in [0.15, 0.2) is 6.61 Å². The number of para-hydroxylation sites is 1. The van der Waals surface area contributed by atoms with Crippen LogP contribution < -0.4 is 14.4 Å². The van der Waals surface area contributed by atoms with Gasteiger partial charge in [-0.1, -0.05) is 24.3 Å². The lowest BCUT2D eigenvalue weighted by Crippen LogP contribution is -2.43. The Bertz CT molecular complexity index is 930. The summed E-state index contributed by atoms with van der Waals surface area (Å²) >= 11 is 0. The molecule has 0 N–H and O–H groups in total. The Morgan fingerprint density at radius 1 is 1.03 bits per heavy atom. The van der Waals surface area contributed by atoms with Crippen LogP contribution in [0.4, 0.5) is 5.69 Å². The molecule has 0 unspecified atom stereocenters. The van der Waals surface area contributed by atoms with Crippen molar-refractivity contribution >= 4 is 17.5 Å². The van der Waals surface area contributed by atoms with E-state index in [0.717, 1.165) is 48.4 Å². The van der Waals surface area contributed by atoms with Crippen molar-refractivity contribution in [3.05, 3.63) is 53.6 Å². The summed E-state index contributed by atoms with van der Waals surface area (Å²) in [7, 11) is 0. The Hall–Kier alpha value is -3.02. The van der Waals surface area contributed by atoms with Crippen LogP contribution in [0.15, 0.2) is 42.5 Å². The van der Waals surface area contributed by atoms with Crippen molar-refractivity contribution < 1.29 is 19.1 Å². The molecule has 0 spiro atoms. The van der Waals surface area contributed by atoms with Crippen molar-refractivity contribution in [2.24, 2.45) is 0 Å². The van der Waals surface area contributed by atoms with Gasteiger partial charge in [0.1, 0.15) is 17.6 Å². The van der Waals surface area contributed by atoms with E-state index in [-0.39, 0.29) is 24.5 Å². The second-order valence-electron chi connectivity index (χ2n) is 8.35. The second-order valence-corrected chi connectivity index (χ2v) is 8.35. The standard InChI is InChI=1S/C25H30N2O4/c1-18-6-3-7-19(2)25(18)31-21-11-14-26(15-12-21)24(29)17-30-22-9-4-8-20(16-22)27-13-5-10-23(27)28/h3-4,6-9,16,21H,5,10-15,17H2,1-2H3. The zero-order valence-corrected chi connectivity index (χ0v) is 18.3. The molecule has 0 bridgehead atoms. The van der Waals surface area contributed by atoms with Gasteiger partial charge in [-0.25, -0.2) is 0 Å². The molecule has 2 aliphatic heterocycles. The third-order valence-corrected chi connectivity index (χ3v) is 6.05. The maximum absolute atomic E-state index is 12.6. The molecule has 6 nitrogen and oxygen atoms in total. The Balaban J connectivity index is 1.26. The number of carbonyl (C=O) groups is 2. The van der Waals surface area contributed by atoms with Gasteiger partial charge in [-0.2, -0.15) is 0 Å². The van der Waals surface area contributed by atoms with E-state index in [1.165, 1.54) is 0 Å². The Labute approximate surface area is 183 Å². The number of anilines is 1. The minimum atomic E-state index is -0.0202. The average Bonchev–Trinajstić information content (AvgIpc) is 3.21. The highest BCUT2D eigenvalue weighted by molar-refractivity contribution is 5.95. The Kier molecular flexibility index (Phi) is 6.44. The lowest BCUT2D eigenvalue weighted by Gasteiger charge is -2.32. The number of benzene rings is 2. The van der Waals surface area contributed by atoms with Crippen molar-refractivity contribution in [3.8, 4) is 11.5 Å². The lowest BCUT2D eigenvalue weighted by molar-refractivity contribution is -0.135. The molecule has 2 aromatic carbocycles. The fourth-order valence-corrected chi connectivity index (χ4v) is 4.27. The highest BCUT2D eigenvalue weighted by atomic mass is 16.5. The number of ether oxygens (including phenoxy) is 2. The third kappa shape index (κ3) is 5.01. The van der Waals surface area contributed by atoms with E-state index < -0.39 is 0 Å². The summed E-state index contributed by atoms with van der Waals surface area (Å²) in [6.07, 6.45) is 3.22. The largest absolute Gasteiger partial charge is 0.490 e. The van der Waals surface area contributed by atoms with Gasteiger partial charge >= 0.3 is 0 Å². The summed E-state index contributed by atoms with van der Waals surface area (Å²) in [6.45, 7) is 6.19. The van der Waals surface area contributed by atoms with E-state index in [4.69, 9.17) is 9.47 Å². The van der Waals surface area contributed by atoms with Crippen LogP contribution in [0.25, 0.3) is 0 Å². The first-order valence-electron chi connectivity index (χ1n) is 11.0. The lowest BCUT2D eigenvalue weighted by atomic mass is 10.1. The molecular weight excluding hydrogens is 392 g/mol. The molecule has 0 aliphatic carbocycles. The Morgan fingerprint density at radius 3 is 2.42 bits per heavy atom. The number of likely N-dealkylation sites (tertiary alicyclic amines) is 1. The van der Waals surface area contributed by atoms with E-state index in [1.807, 2.05) is 35.2 Å². The van der Waals surface area contributed by atoms with Crippen molar-refractivity contribution in [2.75, 3.05) is 31.1 Å². The molecule has 164 valence electrons. The number of aryl methyl sites for hydroxylation is 2. The molecule has 31 heavy (non-hydrogen) atoms. The first-order valence-corrected chi connectivity index (χ1v) is 11.0. The van der Waals surface area contributed by atoms with Crippen LogP contribution in [0.5, 0.6) is 11.5 Å². The van der Waals surface area contributed by atoms with E-state index in [1.54, 1.807) is 4.90 Å². The molecule has 0 atom stereocenters. The van der Waals surface area contributed by atoms with Crippen LogP contribution in [0, 0.1) is 13.8 Å². The molecule has 6 heteroatoms. The topological polar surface area (TPSA) is 59.1 Å². The van der Waals surface area contributed by atoms with Crippen LogP contribution in [-0.2, 0) is 9.59 Å². The summed E-state index contributed by atoms with van der Waals surface area (Å²) in [5, 5.41) is 0. The summed E-state index contributed by atoms with van der Waals surface area (Å²) in [5.74, 6) is 1.69. The molecule has 2 aliphatic rings. The molecule has 2 saturated heterocycles. The van der Waals surface area contributed by atoms with E-state index in [0.29, 0.717) is 25.3 Å². The fourth-order valence-electron chi connectivity index (χ4n) is 4.27. The van der Waals surface area contributed by atoms with E-state index in [9.17, 15) is 9.59 Å². The Morgan fingerprint density at radius 2 is 1.74 bits per heavy atom. The minimum Gasteiger partial charge on any atom is -0.490 e. The van der Waals surface area contributed by atoms with Crippen LogP contribution in [0.2, 0.25) is 0 Å². The molecule has 4 rings (SSSR count). The number of rotatable bonds is 6. The number of amides is 2. The van der Waals surface area contributed by atoms with Crippen molar-refractivity contribution in [3.63, 3.8) is 0 Å². The molecule has 0 radical (unpaired) electrons. The smallest absolute Gasteiger partial charge is 0.260 e. The summed E-state index contributed by atoms with van der Waals surface area (Å²) in [4.78, 5) is 28.2. The quantitative estimate of drug-likeness (QED) is 0.709. The summed E-state index contributed by atoms with van der Waals surface area (Å²) < 4.78 is 12.0. The van der Waals surface area contributed by atoms with Crippen molar-refractivity contribution in [1.29, 1.82) is 0 Å². The first-order chi connectivity index (χ1) is 15.0. The number of hydrogen-bond acceptors (Lipinski definition) is 4. The fraction of sp³-hybridized carbons (Fsp3) is 0.440. The van der Waals surface area contributed by atoms with Gasteiger partial charge in [-0.3, -0.25) is 9.59 Å². The minimum absolute atomic E-state index is 0.000173. The number of hydrogen-bond donors (Lipinski definition) is 0. The molecular formula is C25H30N2O4. The predicted octanol–water partition coefficient (Wildman–Crippen LogP) is 3.88. The van der Waals surface area contributed by atoms with Gasteiger partial charge in [-0.15, -0.1) is 0 Å². The molecule has 0 aromatic heterocycles. The van der Waals surface area contributed by atoms with Gasteiger partial charge in [0.2, 0.25) is 5.91 Å². The highest BCUT2D eigenvalue weighted by Gasteiger charge is 2.25. The predicted molar refractivity (Wildman–Crippen MR) is 120 cm³/mol. The van der Waals surface area contributed by atoms with Crippen LogP contribution in [0.3, 0.4) is 0 Å². The number of carbonyl (C=O) groups excluding carboxylic acids is 2. The van der Waals surface area contributed by atoms with E-state index >= 15 is 0 Å². The molecule has 0 saturated carbocycles. The van der Waals surface area contributed by atoms with Crippen LogP contribution in [0.1, 0.15) is 36.8 Å². The van der Waals surface area contributed by atoms with Crippen LogP contribution >= 0.6 is 0 Å². The van der Waals surface area contributed by atoms with Crippen molar-refractivity contribution in [2.45, 2.75) is 45.6 Å². The number of piperidine rings is 1. The highest BCUT2D eigenvalue weighted by Crippen LogP contribution is 2.27. The van der Waals surface area contributed by atoms with Crippen LogP contribution in [-0.4, -0.2) is 49.1 Å². The monoisotopic (exact) mass is 422 g/mol. The summed E-state index contributed by atoms with van der Waals surface area (Å²) in [5.41, 5.74) is 3.12. The van der Waals surface area contributed by atoms with E-state index in [2.05, 4.69) is 26.0 Å². The zero-order chi connectivity index (χ0) is 21.8. The van der Waals surface area contributed by atoms with Gasteiger partial charge in [-0.05, 0) is 43.5 Å². The molecule has 2 aromatic rings. The third-order valence-electron chi connectivity index (χ3n) is 6.05. The van der Waals surface area contributed by atoms with Gasteiger partial charge < -0.3 is 19.3 Å². The van der Waals surface area contributed by atoms with Crippen molar-refractivity contribution in [1.82, 2.24) is 4.90 Å². The second kappa shape index (κ2) is 9.41. The molecule has 2 fully saturated rings. The van der Waals surface area contributed by atoms with Gasteiger partial charge in [0.05, 0.1) is 0 Å². The summed E-state index contributed by atoms with van der Waals surface area (Å²) in [6, 6.07) is 13.6. The van der Waals surface area contributed by atoms with Gasteiger partial charge in [0, 0.05) is 50.7 Å². The molecule has 2 amide bonds. The number of nitrogens with zero attached hydrogens (tertiary/aromatic N) is 2. The normalized spacial score (nSPS) is 17.2. The maximum atomic E-state index is 12.6. The molecule has 2 heterocycles.